The third-order valence-electron chi connectivity index (χ3n) is 23.1. The highest BCUT2D eigenvalue weighted by molar-refractivity contribution is 7.86. The highest BCUT2D eigenvalue weighted by Gasteiger charge is 2.38. The van der Waals surface area contributed by atoms with Crippen LogP contribution in [0.4, 0.5) is 72.3 Å². The number of hydrogen-bond donors (Lipinski definition) is 2. The molecule has 5 saturated carbocycles. The number of nitrogens with zero attached hydrogens (tertiary/aromatic N) is 17. The number of nitro groups is 5. The molecule has 0 radical (unpaired) electrons. The fourth-order valence-corrected chi connectivity index (χ4v) is 16.7. The summed E-state index contributed by atoms with van der Waals surface area (Å²) in [5, 5.41) is 90.3. The van der Waals surface area contributed by atoms with Gasteiger partial charge in [-0.3, -0.25) is 83.0 Å². The molecule has 2 saturated heterocycles. The van der Waals surface area contributed by atoms with E-state index in [4.69, 9.17) is 53.1 Å². The van der Waals surface area contributed by atoms with Crippen molar-refractivity contribution < 1.29 is 148 Å². The first-order valence-electron chi connectivity index (χ1n) is 45.2. The summed E-state index contributed by atoms with van der Waals surface area (Å²) >= 11 is 0. The Morgan fingerprint density at radius 1 is 0.449 bits per heavy atom. The van der Waals surface area contributed by atoms with Gasteiger partial charge in [0.25, 0.3) is 42.2 Å². The van der Waals surface area contributed by atoms with Gasteiger partial charge in [0.05, 0.1) is 118 Å². The number of ether oxygens (including phenoxy) is 8. The van der Waals surface area contributed by atoms with Crippen LogP contribution >= 0.6 is 0 Å². The van der Waals surface area contributed by atoms with E-state index < -0.39 is 136 Å². The van der Waals surface area contributed by atoms with Crippen molar-refractivity contribution in [2.75, 3.05) is 106 Å². The molecule has 7 fully saturated rings. The average Bonchev–Trinajstić information content (AvgIpc) is 1.69. The molecular formula is C84H119F10N17O26S. The maximum Gasteiger partial charge on any atom is 0.413 e. The summed E-state index contributed by atoms with van der Waals surface area (Å²) in [4.78, 5) is 85.4. The number of hydrogen-bond acceptors (Lipinski definition) is 31. The topological polar surface area (TPSA) is 550 Å². The number of aryl methyl sites for hydroxylation is 1. The zero-order valence-corrected chi connectivity index (χ0v) is 77.5. The Balaban J connectivity index is 0.000000254. The molecule has 7 heterocycles. The lowest BCUT2D eigenvalue weighted by atomic mass is 9.86. The molecule has 1 aromatic carbocycles. The van der Waals surface area contributed by atoms with E-state index in [9.17, 15) is 117 Å². The van der Waals surface area contributed by atoms with Crippen molar-refractivity contribution in [3.8, 4) is 0 Å². The Bertz CT molecular complexity index is 4840. The molecule has 0 spiro atoms. The summed E-state index contributed by atoms with van der Waals surface area (Å²) < 4.78 is 204. The number of alkyl halides is 10. The van der Waals surface area contributed by atoms with Gasteiger partial charge in [0.2, 0.25) is 28.5 Å². The number of esters is 3. The first-order chi connectivity index (χ1) is 65.9. The SMILES string of the molecule is C1CCOC1.C1CCOC1.CCOC(=O)C1CCC(n2cc([N+](=O)[O-])c(C(F)F)n2)CC1.CCOC(=O)C=[N+]=[N-].CCOC(=O)COCC1CCC(n2cc([N+](=O)[O-])c(C(F)F)n2)CC1.Cc1ccc(S(=O)(=O)OCCOCC2CCC(n3cc([N+](=O)[O-])c(C(F)F)n3)CC2)cc1.O=[N+]([O-])c1cn(C2CCC(CO)CC2)nc1C(F)F.O=[N+]([O-])c1cn(C2CCC(COCCO)CC2)nc1C(F)F. The predicted octanol–water partition coefficient (Wildman–Crippen LogP) is 16.6. The highest BCUT2D eigenvalue weighted by Crippen LogP contribution is 2.42. The Morgan fingerprint density at radius 3 is 1.01 bits per heavy atom. The standard InChI is InChI=1S/C20H25F2N3O6S.C15H21F2N3O5.C13H19F2N3O4.C13H17F2N3O4.C11H15F2N3O3.C4H6N2O2.2C4H8O/c1-14-2-8-17(9-3-14)32(28,29)31-11-10-30-13-15-4-6-16(7-5-15)24-12-18(25(26)27)19(23-24)20(21)22;1-2-25-13(21)9-24-8-10-3-5-11(6-4-10)19-7-12(20(22)23)14(18-19)15(16)17;14-13(15)12-11(18(20)21)7-17(16-12)10-3-1-9(2-4-10)8-22-6-5-19;1-2-22-13(19)8-3-5-9(6-4-8)17-7-10(18(20)21)11(16-17)12(14)15;12-11(13)10-9(16(18)19)5-15(14-10)8-3-1-7(6-17)2-4-8;1-2-8-4(7)3-6-5;2*1-2-4-5-3-1/h2-3,8-9,12,15-16,20H,4-7,10-11,13H2,1H3;7,10-11,15H,2-6,8-9H2,1H3;7,9-10,13,19H,1-6,8H2;7-9,12H,2-6H2,1H3;5,7-8,11,17H,1-4,6H2;3H,2H2,1H3;2*1-4H2. The van der Waals surface area contributed by atoms with Crippen LogP contribution in [0.15, 0.2) is 60.1 Å². The van der Waals surface area contributed by atoms with Gasteiger partial charge in [0.15, 0.2) is 0 Å². The lowest BCUT2D eigenvalue weighted by Gasteiger charge is -2.28. The predicted molar refractivity (Wildman–Crippen MR) is 465 cm³/mol. The van der Waals surface area contributed by atoms with E-state index in [0.29, 0.717) is 135 Å². The molecule has 2 N–H and O–H groups in total. The van der Waals surface area contributed by atoms with Crippen LogP contribution in [0.2, 0.25) is 0 Å². The molecule has 54 heteroatoms. The molecule has 7 aliphatic rings. The molecule has 138 heavy (non-hydrogen) atoms. The van der Waals surface area contributed by atoms with E-state index >= 15 is 0 Å². The van der Waals surface area contributed by atoms with Crippen LogP contribution in [-0.2, 0) is 66.6 Å². The second kappa shape index (κ2) is 60.8. The monoisotopic (exact) mass is 2000 g/mol. The molecule has 43 nitrogen and oxygen atoms in total. The van der Waals surface area contributed by atoms with Gasteiger partial charge in [-0.1, -0.05) is 17.7 Å². The first kappa shape index (κ1) is 116. The maximum atomic E-state index is 13.0. The van der Waals surface area contributed by atoms with Crippen molar-refractivity contribution in [2.45, 2.75) is 249 Å². The molecule has 0 atom stereocenters. The van der Waals surface area contributed by atoms with Crippen LogP contribution in [0.3, 0.4) is 0 Å². The smallest absolute Gasteiger partial charge is 0.413 e. The number of rotatable bonds is 36. The molecule has 0 unspecified atom stereocenters. The number of aliphatic hydroxyl groups is 2. The number of carbonyl (C=O) groups is 3. The third-order valence-corrected chi connectivity index (χ3v) is 24.5. The normalized spacial score (nSPS) is 20.7. The second-order valence-corrected chi connectivity index (χ2v) is 34.4. The summed E-state index contributed by atoms with van der Waals surface area (Å²) in [6.07, 6.45) is 10.2. The molecular weight excluding hydrogens is 1890 g/mol. The van der Waals surface area contributed by atoms with Crippen molar-refractivity contribution in [1.29, 1.82) is 0 Å². The van der Waals surface area contributed by atoms with E-state index in [2.05, 4.69) is 35.0 Å². The van der Waals surface area contributed by atoms with E-state index in [1.807, 2.05) is 6.92 Å². The lowest BCUT2D eigenvalue weighted by Crippen LogP contribution is -2.25. The minimum atomic E-state index is -3.83. The minimum Gasteiger partial charge on any atom is -0.466 e. The van der Waals surface area contributed by atoms with Crippen LogP contribution in [0, 0.1) is 87.1 Å². The lowest BCUT2D eigenvalue weighted by molar-refractivity contribution is -0.386. The van der Waals surface area contributed by atoms with Gasteiger partial charge >= 0.3 is 52.6 Å². The zero-order chi connectivity index (χ0) is 102. The Labute approximate surface area is 786 Å². The van der Waals surface area contributed by atoms with Gasteiger partial charge in [-0.25, -0.2) is 53.5 Å². The Morgan fingerprint density at radius 2 is 0.746 bits per heavy atom. The number of aliphatic hydroxyl groups excluding tert-OH is 2. The number of halogens is 10. The van der Waals surface area contributed by atoms with Crippen molar-refractivity contribution in [3.63, 3.8) is 0 Å². The summed E-state index contributed by atoms with van der Waals surface area (Å²) in [7, 11) is -3.83. The molecule has 772 valence electrons. The van der Waals surface area contributed by atoms with Gasteiger partial charge in [-0.05, 0) is 218 Å². The highest BCUT2D eigenvalue weighted by atomic mass is 32.2. The molecule has 13 rings (SSSR count). The summed E-state index contributed by atoms with van der Waals surface area (Å²) in [5.74, 6) is -0.406. The van der Waals surface area contributed by atoms with Gasteiger partial charge in [-0.15, -0.1) is 0 Å². The van der Waals surface area contributed by atoms with Crippen LogP contribution < -0.4 is 0 Å². The van der Waals surface area contributed by atoms with Gasteiger partial charge in [-0.2, -0.15) is 38.7 Å². The minimum absolute atomic E-state index is 0.0112. The van der Waals surface area contributed by atoms with Crippen molar-refractivity contribution in [2.24, 2.45) is 29.6 Å². The Hall–Kier alpha value is -11.0. The van der Waals surface area contributed by atoms with Gasteiger partial charge in [0.1, 0.15) is 37.6 Å². The molecule has 2 aliphatic heterocycles. The van der Waals surface area contributed by atoms with Crippen molar-refractivity contribution >= 4 is 62.7 Å². The first-order valence-corrected chi connectivity index (χ1v) is 46.6. The van der Waals surface area contributed by atoms with Crippen LogP contribution in [0.5, 0.6) is 0 Å². The van der Waals surface area contributed by atoms with Crippen LogP contribution in [0.1, 0.15) is 271 Å². The summed E-state index contributed by atoms with van der Waals surface area (Å²) in [6.45, 7) is 13.7. The third kappa shape index (κ3) is 38.6. The zero-order valence-electron chi connectivity index (χ0n) is 76.7. The summed E-state index contributed by atoms with van der Waals surface area (Å²) in [5.41, 5.74) is 1.53. The quantitative estimate of drug-likeness (QED) is 0.00352. The van der Waals surface area contributed by atoms with E-state index in [0.717, 1.165) is 114 Å². The molecule has 0 amide bonds. The fraction of sp³-hybridized carbons (Fsp3) is 0.702. The van der Waals surface area contributed by atoms with Crippen LogP contribution in [-0.4, -0.2) is 227 Å². The largest absolute Gasteiger partial charge is 0.466 e. The number of aromatic nitrogens is 10. The van der Waals surface area contributed by atoms with Gasteiger partial charge in [0, 0.05) is 46.2 Å². The molecule has 0 bridgehead atoms. The summed E-state index contributed by atoms with van der Waals surface area (Å²) in [6, 6.07) is 5.63. The maximum absolute atomic E-state index is 13.0. The van der Waals surface area contributed by atoms with E-state index in [1.165, 1.54) is 61.2 Å². The van der Waals surface area contributed by atoms with E-state index in [-0.39, 0.29) is 97.8 Å². The number of carbonyl (C=O) groups excluding carboxylic acids is 3. The van der Waals surface area contributed by atoms with Crippen molar-refractivity contribution in [1.82, 2.24) is 48.9 Å². The average molecular weight is 2010 g/mol. The molecule has 5 aromatic heterocycles. The van der Waals surface area contributed by atoms with Crippen LogP contribution in [0.25, 0.3) is 5.53 Å². The van der Waals surface area contributed by atoms with E-state index in [1.54, 1.807) is 32.9 Å². The van der Waals surface area contributed by atoms with Crippen molar-refractivity contribution in [3.05, 3.63) is 145 Å². The molecule has 6 aromatic rings. The van der Waals surface area contributed by atoms with Gasteiger partial charge < -0.3 is 53.6 Å². The Kier molecular flexibility index (Phi) is 50.9. The fourth-order valence-electron chi connectivity index (χ4n) is 15.9. The number of benzene rings is 1. The second-order valence-electron chi connectivity index (χ2n) is 32.7. The molecule has 5 aliphatic carbocycles.